The highest BCUT2D eigenvalue weighted by molar-refractivity contribution is 7.48. The molecule has 1 aliphatic carbocycles. The van der Waals surface area contributed by atoms with Gasteiger partial charge < -0.3 is 13.8 Å². The zero-order valence-corrected chi connectivity index (χ0v) is 19.0. The standard InChI is InChI=1S/C23H30F2NO3P/c1-5-27-30(28-6-2)18-9-7-8-17(13-18)29-23-11-10-22(26-16(23)4)19-14-21(25)20(24)12-15(19)3/h10-12,14,17-18H,5-9,13H2,1-4H3. The maximum atomic E-state index is 13.7. The molecular weight excluding hydrogens is 407 g/mol. The van der Waals surface area contributed by atoms with Crippen LogP contribution in [-0.4, -0.2) is 30.0 Å². The summed E-state index contributed by atoms with van der Waals surface area (Å²) in [5.41, 5.74) is 2.94. The van der Waals surface area contributed by atoms with Crippen molar-refractivity contribution >= 4 is 8.38 Å². The lowest BCUT2D eigenvalue weighted by Crippen LogP contribution is -2.28. The minimum atomic E-state index is -0.895. The molecule has 0 saturated heterocycles. The normalized spacial score (nSPS) is 19.3. The van der Waals surface area contributed by atoms with Gasteiger partial charge in [-0.05, 0) is 83.2 Å². The second-order valence-electron chi connectivity index (χ2n) is 7.54. The molecular formula is C23H30F2NO3P. The number of ether oxygens (including phenoxy) is 1. The summed E-state index contributed by atoms with van der Waals surface area (Å²) < 4.78 is 45.1. The SMILES string of the molecule is CCOP(OCC)C1CCCC(Oc2ccc(-c3cc(F)c(F)cc3C)nc2C)C1. The van der Waals surface area contributed by atoms with E-state index in [4.69, 9.17) is 13.8 Å². The fourth-order valence-electron chi connectivity index (χ4n) is 3.85. The molecule has 0 spiro atoms. The Balaban J connectivity index is 1.72. The molecule has 0 aliphatic heterocycles. The van der Waals surface area contributed by atoms with Crippen LogP contribution in [0.3, 0.4) is 0 Å². The smallest absolute Gasteiger partial charge is 0.173 e. The number of aryl methyl sites for hydroxylation is 2. The van der Waals surface area contributed by atoms with Crippen LogP contribution in [0.2, 0.25) is 0 Å². The van der Waals surface area contributed by atoms with E-state index in [9.17, 15) is 8.78 Å². The Labute approximate surface area is 178 Å². The molecule has 1 aromatic carbocycles. The molecule has 1 aromatic heterocycles. The summed E-state index contributed by atoms with van der Waals surface area (Å²) in [6, 6.07) is 6.07. The third-order valence-electron chi connectivity index (χ3n) is 5.28. The van der Waals surface area contributed by atoms with Crippen LogP contribution >= 0.6 is 8.38 Å². The van der Waals surface area contributed by atoms with Crippen molar-refractivity contribution in [2.45, 2.75) is 65.1 Å². The molecule has 1 fully saturated rings. The molecule has 7 heteroatoms. The first-order valence-corrected chi connectivity index (χ1v) is 11.8. The van der Waals surface area contributed by atoms with Crippen LogP contribution in [0.1, 0.15) is 50.8 Å². The van der Waals surface area contributed by atoms with Gasteiger partial charge in [-0.3, -0.25) is 0 Å². The van der Waals surface area contributed by atoms with E-state index in [0.717, 1.165) is 37.1 Å². The van der Waals surface area contributed by atoms with Crippen molar-refractivity contribution in [3.63, 3.8) is 0 Å². The number of hydrogen-bond donors (Lipinski definition) is 0. The van der Waals surface area contributed by atoms with Crippen molar-refractivity contribution in [3.05, 3.63) is 47.2 Å². The van der Waals surface area contributed by atoms with Crippen LogP contribution in [0.25, 0.3) is 11.3 Å². The fraction of sp³-hybridized carbons (Fsp3) is 0.522. The largest absolute Gasteiger partial charge is 0.489 e. The first kappa shape index (κ1) is 23.1. The number of aromatic nitrogens is 1. The van der Waals surface area contributed by atoms with E-state index in [1.807, 2.05) is 26.8 Å². The lowest BCUT2D eigenvalue weighted by atomic mass is 9.97. The van der Waals surface area contributed by atoms with Gasteiger partial charge in [0.05, 0.1) is 30.7 Å². The summed E-state index contributed by atoms with van der Waals surface area (Å²) in [6.07, 6.45) is 4.15. The van der Waals surface area contributed by atoms with Crippen LogP contribution in [0, 0.1) is 25.5 Å². The summed E-state index contributed by atoms with van der Waals surface area (Å²) in [4.78, 5) is 4.59. The second kappa shape index (κ2) is 10.6. The van der Waals surface area contributed by atoms with Gasteiger partial charge in [0.25, 0.3) is 0 Å². The van der Waals surface area contributed by atoms with Crippen molar-refractivity contribution in [1.82, 2.24) is 4.98 Å². The van der Waals surface area contributed by atoms with E-state index in [1.165, 1.54) is 12.1 Å². The predicted octanol–water partition coefficient (Wildman–Crippen LogP) is 6.72. The molecule has 1 saturated carbocycles. The van der Waals surface area contributed by atoms with Crippen molar-refractivity contribution in [2.75, 3.05) is 13.2 Å². The van der Waals surface area contributed by atoms with E-state index in [1.54, 1.807) is 13.0 Å². The monoisotopic (exact) mass is 437 g/mol. The Hall–Kier alpha value is -1.62. The first-order valence-electron chi connectivity index (χ1n) is 10.6. The van der Waals surface area contributed by atoms with Gasteiger partial charge in [-0.2, -0.15) is 0 Å². The van der Waals surface area contributed by atoms with Crippen LogP contribution < -0.4 is 4.74 Å². The Kier molecular flexibility index (Phi) is 8.15. The lowest BCUT2D eigenvalue weighted by molar-refractivity contribution is 0.147. The van der Waals surface area contributed by atoms with Gasteiger partial charge >= 0.3 is 0 Å². The third kappa shape index (κ3) is 5.54. The van der Waals surface area contributed by atoms with Gasteiger partial charge in [-0.15, -0.1) is 0 Å². The minimum Gasteiger partial charge on any atom is -0.489 e. The molecule has 0 radical (unpaired) electrons. The Morgan fingerprint density at radius 1 is 1.03 bits per heavy atom. The second-order valence-corrected chi connectivity index (χ2v) is 9.36. The number of halogens is 2. The number of nitrogens with zero attached hydrogens (tertiary/aromatic N) is 1. The molecule has 2 atom stereocenters. The molecule has 0 N–H and O–H groups in total. The topological polar surface area (TPSA) is 40.6 Å². The van der Waals surface area contributed by atoms with Crippen LogP contribution in [0.15, 0.2) is 24.3 Å². The highest BCUT2D eigenvalue weighted by Gasteiger charge is 2.31. The zero-order chi connectivity index (χ0) is 21.7. The molecule has 2 unspecified atom stereocenters. The zero-order valence-electron chi connectivity index (χ0n) is 18.1. The van der Waals surface area contributed by atoms with Crippen LogP contribution in [0.4, 0.5) is 8.78 Å². The highest BCUT2D eigenvalue weighted by Crippen LogP contribution is 2.50. The van der Waals surface area contributed by atoms with Crippen LogP contribution in [0.5, 0.6) is 5.75 Å². The van der Waals surface area contributed by atoms with Gasteiger partial charge in [-0.25, -0.2) is 13.8 Å². The molecule has 1 heterocycles. The van der Waals surface area contributed by atoms with E-state index in [2.05, 4.69) is 4.98 Å². The maximum Gasteiger partial charge on any atom is 0.173 e. The summed E-state index contributed by atoms with van der Waals surface area (Å²) in [7, 11) is -0.895. The average molecular weight is 437 g/mol. The molecule has 164 valence electrons. The van der Waals surface area contributed by atoms with Crippen molar-refractivity contribution in [3.8, 4) is 17.0 Å². The van der Waals surface area contributed by atoms with E-state index < -0.39 is 20.0 Å². The van der Waals surface area contributed by atoms with E-state index in [-0.39, 0.29) is 6.10 Å². The molecule has 0 bridgehead atoms. The molecule has 3 rings (SSSR count). The maximum absolute atomic E-state index is 13.7. The molecule has 1 aliphatic rings. The summed E-state index contributed by atoms with van der Waals surface area (Å²) in [5, 5.41) is 0. The average Bonchev–Trinajstić information content (AvgIpc) is 2.72. The quantitative estimate of drug-likeness (QED) is 0.430. The van der Waals surface area contributed by atoms with Crippen molar-refractivity contribution in [2.24, 2.45) is 0 Å². The van der Waals surface area contributed by atoms with Gasteiger partial charge in [0, 0.05) is 11.2 Å². The number of rotatable bonds is 8. The van der Waals surface area contributed by atoms with E-state index >= 15 is 0 Å². The van der Waals surface area contributed by atoms with Gasteiger partial charge in [-0.1, -0.05) is 0 Å². The third-order valence-corrected chi connectivity index (χ3v) is 7.37. The molecule has 0 amide bonds. The Bertz CT molecular complexity index is 859. The number of pyridine rings is 1. The summed E-state index contributed by atoms with van der Waals surface area (Å²) in [6.45, 7) is 8.92. The lowest BCUT2D eigenvalue weighted by Gasteiger charge is -2.33. The van der Waals surface area contributed by atoms with Gasteiger partial charge in [0.15, 0.2) is 20.0 Å². The minimum absolute atomic E-state index is 0.0889. The highest BCUT2D eigenvalue weighted by atomic mass is 31.2. The Morgan fingerprint density at radius 3 is 2.40 bits per heavy atom. The van der Waals surface area contributed by atoms with Crippen molar-refractivity contribution < 1.29 is 22.6 Å². The predicted molar refractivity (Wildman–Crippen MR) is 116 cm³/mol. The summed E-state index contributed by atoms with van der Waals surface area (Å²) >= 11 is 0. The van der Waals surface area contributed by atoms with Crippen molar-refractivity contribution in [1.29, 1.82) is 0 Å². The molecule has 30 heavy (non-hydrogen) atoms. The van der Waals surface area contributed by atoms with E-state index in [0.29, 0.717) is 35.7 Å². The van der Waals surface area contributed by atoms with Gasteiger partial charge in [0.1, 0.15) is 5.75 Å². The first-order chi connectivity index (χ1) is 14.4. The van der Waals surface area contributed by atoms with Gasteiger partial charge in [0.2, 0.25) is 0 Å². The Morgan fingerprint density at radius 2 is 1.73 bits per heavy atom. The molecule has 2 aromatic rings. The number of benzene rings is 1. The van der Waals surface area contributed by atoms with Crippen LogP contribution in [-0.2, 0) is 9.05 Å². The fourth-order valence-corrected chi connectivity index (χ4v) is 5.65. The molecule has 4 nitrogen and oxygen atoms in total. The number of hydrogen-bond acceptors (Lipinski definition) is 4. The summed E-state index contributed by atoms with van der Waals surface area (Å²) in [5.74, 6) is -0.996.